The molecule has 2 rings (SSSR count). The predicted molar refractivity (Wildman–Crippen MR) is 85.0 cm³/mol. The van der Waals surface area contributed by atoms with Crippen molar-refractivity contribution in [1.82, 2.24) is 0 Å². The minimum Gasteiger partial charge on any atom is -0.495 e. The first-order valence-corrected chi connectivity index (χ1v) is 7.15. The molecule has 0 spiro atoms. The molecule has 0 aliphatic carbocycles. The maximum atomic E-state index is 12.6. The highest BCUT2D eigenvalue weighted by atomic mass is 79.9. The normalized spacial score (nSPS) is 10.3. The molecule has 0 atom stereocenters. The topological polar surface area (TPSA) is 61.5 Å². The summed E-state index contributed by atoms with van der Waals surface area (Å²) in [5.41, 5.74) is 7.60. The van der Waals surface area contributed by atoms with Crippen LogP contribution in [0, 0.1) is 0 Å². The average molecular weight is 350 g/mol. The molecular formula is C16H16BrNO3. The zero-order valence-corrected chi connectivity index (χ0v) is 13.4. The van der Waals surface area contributed by atoms with Crippen LogP contribution in [-0.4, -0.2) is 20.0 Å². The molecule has 0 saturated carbocycles. The van der Waals surface area contributed by atoms with E-state index in [1.54, 1.807) is 31.4 Å². The molecule has 2 aromatic carbocycles. The first-order chi connectivity index (χ1) is 10.1. The molecule has 110 valence electrons. The molecule has 0 aromatic heterocycles. The second-order valence-corrected chi connectivity index (χ2v) is 5.19. The van der Waals surface area contributed by atoms with Crippen LogP contribution >= 0.6 is 15.9 Å². The molecular weight excluding hydrogens is 334 g/mol. The van der Waals surface area contributed by atoms with Crippen molar-refractivity contribution in [2.45, 2.75) is 6.54 Å². The van der Waals surface area contributed by atoms with E-state index in [9.17, 15) is 4.79 Å². The molecule has 0 amide bonds. The fraction of sp³-hybridized carbons (Fsp3) is 0.188. The Morgan fingerprint density at radius 3 is 2.29 bits per heavy atom. The Kier molecular flexibility index (Phi) is 4.98. The Labute approximate surface area is 132 Å². The van der Waals surface area contributed by atoms with Gasteiger partial charge in [0, 0.05) is 12.1 Å². The summed E-state index contributed by atoms with van der Waals surface area (Å²) in [6, 6.07) is 10.6. The number of ether oxygens (including phenoxy) is 2. The van der Waals surface area contributed by atoms with Crippen molar-refractivity contribution >= 4 is 21.7 Å². The summed E-state index contributed by atoms with van der Waals surface area (Å²) in [5.74, 6) is 0.961. The molecule has 0 aliphatic heterocycles. The van der Waals surface area contributed by atoms with Gasteiger partial charge in [-0.3, -0.25) is 4.79 Å². The fourth-order valence-corrected chi connectivity index (χ4v) is 2.69. The molecule has 21 heavy (non-hydrogen) atoms. The molecule has 0 aliphatic rings. The van der Waals surface area contributed by atoms with Gasteiger partial charge in [0.2, 0.25) is 0 Å². The van der Waals surface area contributed by atoms with Crippen molar-refractivity contribution in [2.24, 2.45) is 5.73 Å². The molecule has 5 heteroatoms. The lowest BCUT2D eigenvalue weighted by atomic mass is 10.0. The van der Waals surface area contributed by atoms with E-state index in [2.05, 4.69) is 15.9 Å². The quantitative estimate of drug-likeness (QED) is 0.842. The zero-order valence-electron chi connectivity index (χ0n) is 11.9. The summed E-state index contributed by atoms with van der Waals surface area (Å²) >= 11 is 3.40. The van der Waals surface area contributed by atoms with Gasteiger partial charge in [0.05, 0.1) is 19.8 Å². The Bertz CT molecular complexity index is 653. The standard InChI is InChI=1S/C16H16BrNO3/c1-20-13-8-7-12(16(21-2)14(13)17)15(19)11-5-3-10(9-18)4-6-11/h3-8H,9,18H2,1-2H3. The number of ketones is 1. The van der Waals surface area contributed by atoms with Crippen LogP contribution in [-0.2, 0) is 6.54 Å². The monoisotopic (exact) mass is 349 g/mol. The van der Waals surface area contributed by atoms with Gasteiger partial charge < -0.3 is 15.2 Å². The summed E-state index contributed by atoms with van der Waals surface area (Å²) in [6.45, 7) is 0.450. The lowest BCUT2D eigenvalue weighted by Crippen LogP contribution is -2.06. The van der Waals surface area contributed by atoms with Gasteiger partial charge in [-0.25, -0.2) is 0 Å². The van der Waals surface area contributed by atoms with Gasteiger partial charge in [0.25, 0.3) is 0 Å². The SMILES string of the molecule is COc1ccc(C(=O)c2ccc(CN)cc2)c(OC)c1Br. The van der Waals surface area contributed by atoms with Crippen molar-refractivity contribution in [1.29, 1.82) is 0 Å². The smallest absolute Gasteiger partial charge is 0.196 e. The van der Waals surface area contributed by atoms with Crippen molar-refractivity contribution < 1.29 is 14.3 Å². The van der Waals surface area contributed by atoms with Crippen LogP contribution in [0.4, 0.5) is 0 Å². The second kappa shape index (κ2) is 6.74. The van der Waals surface area contributed by atoms with Crippen molar-refractivity contribution in [2.75, 3.05) is 14.2 Å². The lowest BCUT2D eigenvalue weighted by Gasteiger charge is -2.12. The molecule has 2 N–H and O–H groups in total. The lowest BCUT2D eigenvalue weighted by molar-refractivity contribution is 0.103. The number of benzene rings is 2. The van der Waals surface area contributed by atoms with Gasteiger partial charge >= 0.3 is 0 Å². The third kappa shape index (κ3) is 3.09. The van der Waals surface area contributed by atoms with Crippen LogP contribution in [0.5, 0.6) is 11.5 Å². The molecule has 0 saturated heterocycles. The van der Waals surface area contributed by atoms with Gasteiger partial charge in [0.1, 0.15) is 16.0 Å². The molecule has 4 nitrogen and oxygen atoms in total. The highest BCUT2D eigenvalue weighted by Gasteiger charge is 2.19. The van der Waals surface area contributed by atoms with Gasteiger partial charge in [-0.1, -0.05) is 24.3 Å². The van der Waals surface area contributed by atoms with E-state index in [0.29, 0.717) is 33.6 Å². The summed E-state index contributed by atoms with van der Waals surface area (Å²) in [5, 5.41) is 0. The molecule has 0 bridgehead atoms. The Hall–Kier alpha value is -1.85. The molecule has 0 heterocycles. The highest BCUT2D eigenvalue weighted by molar-refractivity contribution is 9.10. The summed E-state index contributed by atoms with van der Waals surface area (Å²) < 4.78 is 11.2. The summed E-state index contributed by atoms with van der Waals surface area (Å²) in [7, 11) is 3.08. The first-order valence-electron chi connectivity index (χ1n) is 6.36. The van der Waals surface area contributed by atoms with Crippen LogP contribution in [0.15, 0.2) is 40.9 Å². The Morgan fingerprint density at radius 1 is 1.10 bits per heavy atom. The highest BCUT2D eigenvalue weighted by Crippen LogP contribution is 2.38. The van der Waals surface area contributed by atoms with Crippen LogP contribution in [0.1, 0.15) is 21.5 Å². The van der Waals surface area contributed by atoms with Gasteiger partial charge in [-0.05, 0) is 33.6 Å². The van der Waals surface area contributed by atoms with E-state index in [-0.39, 0.29) is 5.78 Å². The van der Waals surface area contributed by atoms with Crippen LogP contribution in [0.25, 0.3) is 0 Å². The number of carbonyl (C=O) groups is 1. The maximum absolute atomic E-state index is 12.6. The van der Waals surface area contributed by atoms with Crippen LogP contribution in [0.2, 0.25) is 0 Å². The maximum Gasteiger partial charge on any atom is 0.196 e. The third-order valence-corrected chi connectivity index (χ3v) is 3.93. The molecule has 0 fully saturated rings. The first kappa shape index (κ1) is 15.5. The number of hydrogen-bond acceptors (Lipinski definition) is 4. The van der Waals surface area contributed by atoms with E-state index < -0.39 is 0 Å². The predicted octanol–water partition coefficient (Wildman–Crippen LogP) is 3.16. The average Bonchev–Trinajstić information content (AvgIpc) is 2.54. The number of carbonyl (C=O) groups excluding carboxylic acids is 1. The van der Waals surface area contributed by atoms with E-state index in [0.717, 1.165) is 5.56 Å². The largest absolute Gasteiger partial charge is 0.495 e. The minimum absolute atomic E-state index is 0.112. The van der Waals surface area contributed by atoms with Crippen molar-refractivity contribution in [3.05, 3.63) is 57.6 Å². The minimum atomic E-state index is -0.112. The van der Waals surface area contributed by atoms with Crippen LogP contribution < -0.4 is 15.2 Å². The van der Waals surface area contributed by atoms with E-state index in [1.807, 2.05) is 12.1 Å². The summed E-state index contributed by atoms with van der Waals surface area (Å²) in [4.78, 5) is 12.6. The third-order valence-electron chi connectivity index (χ3n) is 3.18. The van der Waals surface area contributed by atoms with E-state index in [1.165, 1.54) is 7.11 Å². The Morgan fingerprint density at radius 2 is 1.76 bits per heavy atom. The molecule has 0 unspecified atom stereocenters. The molecule has 0 radical (unpaired) electrons. The number of nitrogens with two attached hydrogens (primary N) is 1. The second-order valence-electron chi connectivity index (χ2n) is 4.39. The number of halogens is 1. The zero-order chi connectivity index (χ0) is 15.4. The number of hydrogen-bond donors (Lipinski definition) is 1. The number of methoxy groups -OCH3 is 2. The Balaban J connectivity index is 2.45. The van der Waals surface area contributed by atoms with Gasteiger partial charge in [-0.15, -0.1) is 0 Å². The van der Waals surface area contributed by atoms with Crippen LogP contribution in [0.3, 0.4) is 0 Å². The molecule has 2 aromatic rings. The fourth-order valence-electron chi connectivity index (χ4n) is 2.02. The van der Waals surface area contributed by atoms with E-state index in [4.69, 9.17) is 15.2 Å². The number of rotatable bonds is 5. The van der Waals surface area contributed by atoms with E-state index >= 15 is 0 Å². The van der Waals surface area contributed by atoms with Crippen molar-refractivity contribution in [3.8, 4) is 11.5 Å². The van der Waals surface area contributed by atoms with Gasteiger partial charge in [-0.2, -0.15) is 0 Å². The van der Waals surface area contributed by atoms with Crippen molar-refractivity contribution in [3.63, 3.8) is 0 Å². The van der Waals surface area contributed by atoms with Gasteiger partial charge in [0.15, 0.2) is 5.78 Å². The summed E-state index contributed by atoms with van der Waals surface area (Å²) in [6.07, 6.45) is 0.